The lowest BCUT2D eigenvalue weighted by Gasteiger charge is -2.37. The molecule has 1 aromatic rings. The summed E-state index contributed by atoms with van der Waals surface area (Å²) in [5.74, 6) is 0.0568. The number of pyridine rings is 1. The van der Waals surface area contributed by atoms with Crippen molar-refractivity contribution in [2.45, 2.75) is 45.2 Å². The average molecular weight is 331 g/mol. The highest BCUT2D eigenvalue weighted by Crippen LogP contribution is 2.24. The fourth-order valence-electron chi connectivity index (χ4n) is 3.79. The van der Waals surface area contributed by atoms with Crippen LogP contribution in [0.15, 0.2) is 18.3 Å². The van der Waals surface area contributed by atoms with Crippen LogP contribution in [0.4, 0.5) is 0 Å². The monoisotopic (exact) mass is 331 g/mol. The summed E-state index contributed by atoms with van der Waals surface area (Å²) in [6.07, 6.45) is 4.24. The van der Waals surface area contributed by atoms with Crippen molar-refractivity contribution in [1.29, 1.82) is 0 Å². The van der Waals surface area contributed by atoms with E-state index < -0.39 is 0 Å². The van der Waals surface area contributed by atoms with Crippen molar-refractivity contribution in [3.63, 3.8) is 0 Å². The van der Waals surface area contributed by atoms with Gasteiger partial charge >= 0.3 is 0 Å². The first-order chi connectivity index (χ1) is 11.6. The summed E-state index contributed by atoms with van der Waals surface area (Å²) in [6, 6.07) is 4.06. The summed E-state index contributed by atoms with van der Waals surface area (Å²) < 4.78 is 5.41. The predicted molar refractivity (Wildman–Crippen MR) is 89.6 cm³/mol. The van der Waals surface area contributed by atoms with Gasteiger partial charge in [-0.05, 0) is 37.8 Å². The molecule has 2 amide bonds. The van der Waals surface area contributed by atoms with Gasteiger partial charge in [0.15, 0.2) is 0 Å². The van der Waals surface area contributed by atoms with Gasteiger partial charge in [-0.2, -0.15) is 0 Å². The smallest absolute Gasteiger partial charge is 0.272 e. The lowest BCUT2D eigenvalue weighted by Crippen LogP contribution is -2.49. The minimum absolute atomic E-state index is 0.0360. The third kappa shape index (κ3) is 3.43. The molecule has 3 rings (SSSR count). The molecule has 0 saturated carbocycles. The Morgan fingerprint density at radius 2 is 2.00 bits per heavy atom. The Morgan fingerprint density at radius 3 is 2.67 bits per heavy atom. The molecule has 2 fully saturated rings. The van der Waals surface area contributed by atoms with Crippen LogP contribution in [0.2, 0.25) is 0 Å². The highest BCUT2D eigenvalue weighted by Gasteiger charge is 2.36. The molecule has 130 valence electrons. The Balaban J connectivity index is 1.70. The normalized spacial score (nSPS) is 21.8. The number of hydrogen-bond acceptors (Lipinski definition) is 4. The van der Waals surface area contributed by atoms with Crippen LogP contribution in [-0.4, -0.2) is 65.0 Å². The maximum absolute atomic E-state index is 12.7. The number of aromatic nitrogens is 1. The van der Waals surface area contributed by atoms with Crippen molar-refractivity contribution in [3.8, 4) is 0 Å². The van der Waals surface area contributed by atoms with E-state index in [0.717, 1.165) is 24.8 Å². The second-order valence-electron chi connectivity index (χ2n) is 6.63. The first kappa shape index (κ1) is 16.9. The van der Waals surface area contributed by atoms with Gasteiger partial charge in [-0.1, -0.05) is 6.07 Å². The molecule has 3 heterocycles. The number of rotatable bonds is 3. The van der Waals surface area contributed by atoms with Crippen LogP contribution >= 0.6 is 0 Å². The summed E-state index contributed by atoms with van der Waals surface area (Å²) in [5, 5.41) is 0. The molecule has 24 heavy (non-hydrogen) atoms. The molecule has 2 aliphatic heterocycles. The number of nitrogens with zero attached hydrogens (tertiary/aromatic N) is 3. The van der Waals surface area contributed by atoms with Gasteiger partial charge in [0.25, 0.3) is 5.91 Å². The summed E-state index contributed by atoms with van der Waals surface area (Å²) in [4.78, 5) is 33.0. The van der Waals surface area contributed by atoms with E-state index in [9.17, 15) is 9.59 Å². The minimum atomic E-state index is -0.0360. The van der Waals surface area contributed by atoms with Gasteiger partial charge in [0.05, 0.1) is 6.04 Å². The Bertz CT molecular complexity index is 613. The lowest BCUT2D eigenvalue weighted by atomic mass is 10.0. The standard InChI is InChI=1S/C18H25N3O3/c1-13-4-3-8-19-17(13)18(23)20-9-5-16(12-20)21(14(2)22)15-6-10-24-11-7-15/h3-4,8,15-16H,5-7,9-12H2,1-2H3. The maximum atomic E-state index is 12.7. The second kappa shape index (κ2) is 7.30. The Labute approximate surface area is 142 Å². The highest BCUT2D eigenvalue weighted by atomic mass is 16.5. The summed E-state index contributed by atoms with van der Waals surface area (Å²) in [5.41, 5.74) is 1.40. The summed E-state index contributed by atoms with van der Waals surface area (Å²) in [7, 11) is 0. The van der Waals surface area contributed by atoms with Crippen molar-refractivity contribution in [3.05, 3.63) is 29.6 Å². The number of carbonyl (C=O) groups excluding carboxylic acids is 2. The van der Waals surface area contributed by atoms with Gasteiger partial charge in [0.1, 0.15) is 5.69 Å². The molecule has 2 aliphatic rings. The molecule has 0 bridgehead atoms. The first-order valence-electron chi connectivity index (χ1n) is 8.65. The molecule has 0 N–H and O–H groups in total. The van der Waals surface area contributed by atoms with E-state index in [-0.39, 0.29) is 23.9 Å². The molecule has 6 nitrogen and oxygen atoms in total. The van der Waals surface area contributed by atoms with E-state index in [4.69, 9.17) is 4.74 Å². The molecule has 0 radical (unpaired) electrons. The fourth-order valence-corrected chi connectivity index (χ4v) is 3.79. The van der Waals surface area contributed by atoms with Crippen molar-refractivity contribution >= 4 is 11.8 Å². The lowest BCUT2D eigenvalue weighted by molar-refractivity contribution is -0.135. The van der Waals surface area contributed by atoms with Crippen LogP contribution in [0.3, 0.4) is 0 Å². The van der Waals surface area contributed by atoms with Crippen molar-refractivity contribution < 1.29 is 14.3 Å². The van der Waals surface area contributed by atoms with E-state index in [1.165, 1.54) is 0 Å². The number of amides is 2. The van der Waals surface area contributed by atoms with Gasteiger partial charge in [0, 0.05) is 45.5 Å². The molecule has 0 aromatic carbocycles. The number of ether oxygens (including phenoxy) is 1. The van der Waals surface area contributed by atoms with Crippen LogP contribution in [0.5, 0.6) is 0 Å². The Morgan fingerprint density at radius 1 is 1.25 bits per heavy atom. The van der Waals surface area contributed by atoms with Crippen molar-refractivity contribution in [2.24, 2.45) is 0 Å². The third-order valence-electron chi connectivity index (χ3n) is 5.00. The fraction of sp³-hybridized carbons (Fsp3) is 0.611. The minimum Gasteiger partial charge on any atom is -0.381 e. The van der Waals surface area contributed by atoms with Crippen LogP contribution in [0.25, 0.3) is 0 Å². The highest BCUT2D eigenvalue weighted by molar-refractivity contribution is 5.93. The zero-order valence-corrected chi connectivity index (χ0v) is 14.4. The Hall–Kier alpha value is -1.95. The van der Waals surface area contributed by atoms with Gasteiger partial charge in [-0.15, -0.1) is 0 Å². The molecule has 0 spiro atoms. The molecule has 1 unspecified atom stereocenters. The van der Waals surface area contributed by atoms with Crippen LogP contribution in [-0.2, 0) is 9.53 Å². The molecular formula is C18H25N3O3. The van der Waals surface area contributed by atoms with E-state index in [0.29, 0.717) is 32.0 Å². The van der Waals surface area contributed by atoms with E-state index in [1.807, 2.05) is 28.9 Å². The first-order valence-corrected chi connectivity index (χ1v) is 8.65. The molecule has 1 aromatic heterocycles. The van der Waals surface area contributed by atoms with E-state index in [2.05, 4.69) is 4.98 Å². The number of likely N-dealkylation sites (tertiary alicyclic amines) is 1. The maximum Gasteiger partial charge on any atom is 0.272 e. The SMILES string of the molecule is CC(=O)N(C1CCOCC1)C1CCN(C(=O)c2ncccc2C)C1. The largest absolute Gasteiger partial charge is 0.381 e. The third-order valence-corrected chi connectivity index (χ3v) is 5.00. The Kier molecular flexibility index (Phi) is 5.14. The quantitative estimate of drug-likeness (QED) is 0.844. The molecule has 6 heteroatoms. The van der Waals surface area contributed by atoms with Crippen molar-refractivity contribution in [1.82, 2.24) is 14.8 Å². The predicted octanol–water partition coefficient (Wildman–Crippen LogP) is 1.63. The number of carbonyl (C=O) groups is 2. The van der Waals surface area contributed by atoms with Crippen LogP contribution in [0.1, 0.15) is 42.2 Å². The van der Waals surface area contributed by atoms with Gasteiger partial charge < -0.3 is 14.5 Å². The molecule has 2 saturated heterocycles. The van der Waals surface area contributed by atoms with Gasteiger partial charge in [-0.3, -0.25) is 14.6 Å². The molecular weight excluding hydrogens is 306 g/mol. The van der Waals surface area contributed by atoms with E-state index >= 15 is 0 Å². The zero-order chi connectivity index (χ0) is 17.1. The summed E-state index contributed by atoms with van der Waals surface area (Å²) in [6.45, 7) is 6.20. The van der Waals surface area contributed by atoms with Gasteiger partial charge in [0.2, 0.25) is 5.91 Å². The van der Waals surface area contributed by atoms with E-state index in [1.54, 1.807) is 13.1 Å². The zero-order valence-electron chi connectivity index (χ0n) is 14.4. The number of hydrogen-bond donors (Lipinski definition) is 0. The molecule has 0 aliphatic carbocycles. The van der Waals surface area contributed by atoms with Gasteiger partial charge in [-0.25, -0.2) is 0 Å². The number of aryl methyl sites for hydroxylation is 1. The van der Waals surface area contributed by atoms with Crippen LogP contribution < -0.4 is 0 Å². The van der Waals surface area contributed by atoms with Crippen LogP contribution in [0, 0.1) is 6.92 Å². The topological polar surface area (TPSA) is 62.7 Å². The molecule has 1 atom stereocenters. The average Bonchev–Trinajstić information content (AvgIpc) is 3.05. The second-order valence-corrected chi connectivity index (χ2v) is 6.63. The van der Waals surface area contributed by atoms with Crippen molar-refractivity contribution in [2.75, 3.05) is 26.3 Å². The summed E-state index contributed by atoms with van der Waals surface area (Å²) >= 11 is 0.